The lowest BCUT2D eigenvalue weighted by molar-refractivity contribution is -0.113. The predicted molar refractivity (Wildman–Crippen MR) is 152 cm³/mol. The number of hydrogen-bond acceptors (Lipinski definition) is 6. The number of para-hydroxylation sites is 1. The highest BCUT2D eigenvalue weighted by Gasteiger charge is 2.28. The number of ether oxygens (including phenoxy) is 1. The van der Waals surface area contributed by atoms with Gasteiger partial charge < -0.3 is 19.9 Å². The largest absolute Gasteiger partial charge is 0.462 e. The van der Waals surface area contributed by atoms with Gasteiger partial charge in [-0.3, -0.25) is 9.59 Å². The van der Waals surface area contributed by atoms with Crippen LogP contribution in [0.1, 0.15) is 44.5 Å². The van der Waals surface area contributed by atoms with Crippen molar-refractivity contribution in [2.75, 3.05) is 24.2 Å². The molecule has 0 spiro atoms. The number of thiophene rings is 1. The Morgan fingerprint density at radius 3 is 2.60 bits per heavy atom. The number of nitrogens with one attached hydrogen (secondary N) is 2. The first-order chi connectivity index (χ1) is 19.4. The zero-order chi connectivity index (χ0) is 28.2. The summed E-state index contributed by atoms with van der Waals surface area (Å²) in [6, 6.07) is 11.0. The van der Waals surface area contributed by atoms with E-state index >= 15 is 0 Å². The molecule has 0 bridgehead atoms. The van der Waals surface area contributed by atoms with Gasteiger partial charge in [0.15, 0.2) is 0 Å². The van der Waals surface area contributed by atoms with Crippen LogP contribution >= 0.6 is 23.1 Å². The summed E-state index contributed by atoms with van der Waals surface area (Å²) in [6.45, 7) is 2.53. The lowest BCUT2D eigenvalue weighted by Gasteiger charge is -2.09. The zero-order valence-corrected chi connectivity index (χ0v) is 23.4. The van der Waals surface area contributed by atoms with Crippen molar-refractivity contribution < 1.29 is 27.9 Å². The van der Waals surface area contributed by atoms with Gasteiger partial charge in [-0.15, -0.1) is 23.1 Å². The first kappa shape index (κ1) is 27.9. The van der Waals surface area contributed by atoms with E-state index < -0.39 is 29.1 Å². The van der Waals surface area contributed by atoms with E-state index in [4.69, 9.17) is 4.74 Å². The van der Waals surface area contributed by atoms with E-state index in [1.54, 1.807) is 6.92 Å². The third kappa shape index (κ3) is 5.75. The summed E-state index contributed by atoms with van der Waals surface area (Å²) in [5.41, 5.74) is 1.76. The highest BCUT2D eigenvalue weighted by atomic mass is 32.2. The lowest BCUT2D eigenvalue weighted by Crippen LogP contribution is -2.28. The van der Waals surface area contributed by atoms with Gasteiger partial charge in [0.05, 0.1) is 17.9 Å². The van der Waals surface area contributed by atoms with Crippen molar-refractivity contribution in [3.05, 3.63) is 81.9 Å². The number of rotatable bonds is 10. The molecule has 0 aliphatic heterocycles. The van der Waals surface area contributed by atoms with E-state index in [0.717, 1.165) is 57.6 Å². The van der Waals surface area contributed by atoms with Crippen molar-refractivity contribution in [1.29, 1.82) is 0 Å². The van der Waals surface area contributed by atoms with Gasteiger partial charge in [-0.2, -0.15) is 0 Å². The number of amides is 2. The van der Waals surface area contributed by atoms with Gasteiger partial charge in [0.2, 0.25) is 5.91 Å². The standard InChI is InChI=1S/C29H27F2N3O4S2/c1-2-38-29(37)25-18-8-5-12-22(18)40-28(25)33-24(35)16-39-23-15-34(21-11-4-3-7-17(21)23)14-13-32-27(36)26-19(30)9-6-10-20(26)31/h3-4,6-7,9-11,15H,2,5,8,12-14,16H2,1H3,(H,32,36)(H,33,35). The fourth-order valence-corrected chi connectivity index (χ4v) is 7.01. The predicted octanol–water partition coefficient (Wildman–Crippen LogP) is 5.81. The van der Waals surface area contributed by atoms with Crippen LogP contribution in [-0.4, -0.2) is 41.3 Å². The van der Waals surface area contributed by atoms with Gasteiger partial charge in [0.1, 0.15) is 22.2 Å². The minimum Gasteiger partial charge on any atom is -0.462 e. The van der Waals surface area contributed by atoms with Gasteiger partial charge in [0.25, 0.3) is 5.91 Å². The van der Waals surface area contributed by atoms with E-state index in [-0.39, 0.29) is 24.8 Å². The molecule has 11 heteroatoms. The van der Waals surface area contributed by atoms with Crippen LogP contribution in [0.15, 0.2) is 53.6 Å². The van der Waals surface area contributed by atoms with E-state index in [0.29, 0.717) is 17.1 Å². The highest BCUT2D eigenvalue weighted by molar-refractivity contribution is 8.00. The maximum atomic E-state index is 13.9. The van der Waals surface area contributed by atoms with E-state index in [2.05, 4.69) is 10.6 Å². The summed E-state index contributed by atoms with van der Waals surface area (Å²) in [6.07, 6.45) is 4.58. The number of benzene rings is 2. The van der Waals surface area contributed by atoms with Crippen molar-refractivity contribution >= 4 is 56.8 Å². The Kier molecular flexibility index (Phi) is 8.51. The van der Waals surface area contributed by atoms with Crippen molar-refractivity contribution in [2.45, 2.75) is 37.6 Å². The molecule has 208 valence electrons. The Morgan fingerprint density at radius 2 is 1.82 bits per heavy atom. The molecule has 2 aromatic carbocycles. The fraction of sp³-hybridized carbons (Fsp3) is 0.276. The second kappa shape index (κ2) is 12.2. The lowest BCUT2D eigenvalue weighted by atomic mass is 10.1. The van der Waals surface area contributed by atoms with E-state index in [1.807, 2.05) is 35.0 Å². The molecule has 2 amide bonds. The van der Waals surface area contributed by atoms with Crippen molar-refractivity contribution in [2.24, 2.45) is 0 Å². The molecule has 2 aromatic heterocycles. The molecular formula is C29H27F2N3O4S2. The maximum Gasteiger partial charge on any atom is 0.341 e. The number of thioether (sulfide) groups is 1. The number of carbonyl (C=O) groups is 3. The third-order valence-corrected chi connectivity index (χ3v) is 8.84. The summed E-state index contributed by atoms with van der Waals surface area (Å²) < 4.78 is 35.0. The van der Waals surface area contributed by atoms with E-state index in [1.165, 1.54) is 29.2 Å². The smallest absolute Gasteiger partial charge is 0.341 e. The van der Waals surface area contributed by atoms with Gasteiger partial charge in [-0.05, 0) is 49.9 Å². The molecule has 1 aliphatic carbocycles. The molecule has 2 heterocycles. The molecule has 0 unspecified atom stereocenters. The second-order valence-corrected chi connectivity index (χ2v) is 11.3. The topological polar surface area (TPSA) is 89.4 Å². The average molecular weight is 584 g/mol. The van der Waals surface area contributed by atoms with Crippen LogP contribution in [-0.2, 0) is 28.9 Å². The molecule has 0 fully saturated rings. The van der Waals surface area contributed by atoms with Crippen LogP contribution in [0.4, 0.5) is 13.8 Å². The van der Waals surface area contributed by atoms with Gasteiger partial charge >= 0.3 is 5.97 Å². The summed E-state index contributed by atoms with van der Waals surface area (Å²) >= 11 is 2.81. The minimum atomic E-state index is -0.914. The first-order valence-corrected chi connectivity index (χ1v) is 14.7. The number of carbonyl (C=O) groups excluding carboxylic acids is 3. The van der Waals surface area contributed by atoms with Crippen LogP contribution in [0.3, 0.4) is 0 Å². The molecule has 1 aliphatic rings. The number of hydrogen-bond donors (Lipinski definition) is 2. The SMILES string of the molecule is CCOC(=O)c1c(NC(=O)CSc2cn(CCNC(=O)c3c(F)cccc3F)c3ccccc23)sc2c1CCC2. The molecule has 2 N–H and O–H groups in total. The molecule has 5 rings (SSSR count). The van der Waals surface area contributed by atoms with E-state index in [9.17, 15) is 23.2 Å². The number of aryl methyl sites for hydroxylation is 1. The summed E-state index contributed by atoms with van der Waals surface area (Å²) in [5.74, 6) is -3.16. The van der Waals surface area contributed by atoms with Gasteiger partial charge in [-0.25, -0.2) is 13.6 Å². The van der Waals surface area contributed by atoms with Crippen LogP contribution < -0.4 is 10.6 Å². The summed E-state index contributed by atoms with van der Waals surface area (Å²) in [7, 11) is 0. The fourth-order valence-electron chi connectivity index (χ4n) is 4.82. The Hall–Kier alpha value is -3.70. The Bertz CT molecular complexity index is 1580. The quantitative estimate of drug-likeness (QED) is 0.182. The number of esters is 1. The third-order valence-electron chi connectivity index (χ3n) is 6.59. The summed E-state index contributed by atoms with van der Waals surface area (Å²) in [4.78, 5) is 39.9. The minimum absolute atomic E-state index is 0.127. The molecule has 0 atom stereocenters. The van der Waals surface area contributed by atoms with Crippen LogP contribution in [0.2, 0.25) is 0 Å². The number of fused-ring (bicyclic) bond motifs is 2. The Labute approximate surface area is 237 Å². The molecule has 0 saturated heterocycles. The maximum absolute atomic E-state index is 13.9. The van der Waals surface area contributed by atoms with Crippen LogP contribution in [0.5, 0.6) is 0 Å². The molecule has 0 radical (unpaired) electrons. The van der Waals surface area contributed by atoms with Gasteiger partial charge in [-0.1, -0.05) is 24.3 Å². The normalized spacial score (nSPS) is 12.4. The number of anilines is 1. The molecule has 4 aromatic rings. The molecule has 7 nitrogen and oxygen atoms in total. The molecule has 40 heavy (non-hydrogen) atoms. The highest BCUT2D eigenvalue weighted by Crippen LogP contribution is 2.40. The van der Waals surface area contributed by atoms with Crippen molar-refractivity contribution in [1.82, 2.24) is 9.88 Å². The van der Waals surface area contributed by atoms with Crippen molar-refractivity contribution in [3.63, 3.8) is 0 Å². The molecule has 0 saturated carbocycles. The number of nitrogens with zero attached hydrogens (tertiary/aromatic N) is 1. The van der Waals surface area contributed by atoms with Crippen LogP contribution in [0.25, 0.3) is 10.9 Å². The Balaban J connectivity index is 1.24. The summed E-state index contributed by atoms with van der Waals surface area (Å²) in [5, 5.41) is 6.97. The first-order valence-electron chi connectivity index (χ1n) is 12.9. The second-order valence-electron chi connectivity index (χ2n) is 9.18. The van der Waals surface area contributed by atoms with Crippen LogP contribution in [0, 0.1) is 11.6 Å². The number of aromatic nitrogens is 1. The average Bonchev–Trinajstić information content (AvgIpc) is 3.61. The Morgan fingerprint density at radius 1 is 1.05 bits per heavy atom. The van der Waals surface area contributed by atoms with Crippen molar-refractivity contribution in [3.8, 4) is 0 Å². The molecular weight excluding hydrogens is 556 g/mol. The number of halogens is 2. The van der Waals surface area contributed by atoms with Gasteiger partial charge in [0, 0.05) is 40.0 Å². The zero-order valence-electron chi connectivity index (χ0n) is 21.7. The monoisotopic (exact) mass is 583 g/mol.